The predicted octanol–water partition coefficient (Wildman–Crippen LogP) is 5.42. The lowest BCUT2D eigenvalue weighted by molar-refractivity contribution is 0.191. The van der Waals surface area contributed by atoms with Gasteiger partial charge in [-0.05, 0) is 42.1 Å². The fourth-order valence-corrected chi connectivity index (χ4v) is 10.7. The van der Waals surface area contributed by atoms with Gasteiger partial charge in [0.1, 0.15) is 0 Å². The van der Waals surface area contributed by atoms with Crippen LogP contribution in [0.15, 0.2) is 0 Å². The van der Waals surface area contributed by atoms with E-state index in [2.05, 4.69) is 60.3 Å². The molecule has 0 bridgehead atoms. The fourth-order valence-electron chi connectivity index (χ4n) is 3.70. The third-order valence-electron chi connectivity index (χ3n) is 5.10. The lowest BCUT2D eigenvalue weighted by Gasteiger charge is -2.41. The van der Waals surface area contributed by atoms with Crippen LogP contribution in [0.2, 0.25) is 29.2 Å². The summed E-state index contributed by atoms with van der Waals surface area (Å²) in [7, 11) is -2.55. The van der Waals surface area contributed by atoms with Crippen LogP contribution in [-0.4, -0.2) is 43.2 Å². The summed E-state index contributed by atoms with van der Waals surface area (Å²) < 4.78 is 17.6. The highest BCUT2D eigenvalue weighted by atomic mass is 28.4. The number of rotatable bonds is 12. The highest BCUT2D eigenvalue weighted by Gasteiger charge is 2.48. The molecule has 0 aliphatic rings. The summed E-state index contributed by atoms with van der Waals surface area (Å²) >= 11 is 0. The summed E-state index contributed by atoms with van der Waals surface area (Å²) in [6, 6.07) is 0.866. The minimum atomic E-state index is -2.16. The molecule has 1 amide bonds. The Morgan fingerprint density at radius 1 is 1.04 bits per heavy atom. The maximum absolute atomic E-state index is 12.4. The average Bonchev–Trinajstić information content (AvgIpc) is 2.53. The topological polar surface area (TPSA) is 56.8 Å². The Balaban J connectivity index is 4.55. The highest BCUT2D eigenvalue weighted by molar-refractivity contribution is 6.78. The second-order valence-electron chi connectivity index (χ2n) is 7.92. The maximum atomic E-state index is 12.4. The normalized spacial score (nSPS) is 14.9. The largest absolute Gasteiger partial charge is 0.503 e. The summed E-state index contributed by atoms with van der Waals surface area (Å²) in [5.74, 6) is 0. The van der Waals surface area contributed by atoms with Crippen LogP contribution in [0, 0.1) is 0 Å². The third kappa shape index (κ3) is 7.40. The number of carbonyl (C=O) groups excluding carboxylic acids is 1. The van der Waals surface area contributed by atoms with E-state index in [1.807, 2.05) is 0 Å². The van der Waals surface area contributed by atoms with Gasteiger partial charge in [-0.1, -0.05) is 48.5 Å². The van der Waals surface area contributed by atoms with Crippen LogP contribution >= 0.6 is 0 Å². The molecule has 0 rings (SSSR count). The van der Waals surface area contributed by atoms with Crippen LogP contribution in [0.25, 0.3) is 0 Å². The van der Waals surface area contributed by atoms with Gasteiger partial charge in [0.15, 0.2) is 0 Å². The van der Waals surface area contributed by atoms with Gasteiger partial charge in [-0.25, -0.2) is 4.79 Å². The van der Waals surface area contributed by atoms with E-state index in [4.69, 9.17) is 13.3 Å². The Morgan fingerprint density at radius 3 is 1.96 bits per heavy atom. The first kappa shape index (κ1) is 24.6. The van der Waals surface area contributed by atoms with E-state index in [0.29, 0.717) is 23.2 Å². The van der Waals surface area contributed by atoms with Crippen LogP contribution in [0.5, 0.6) is 0 Å². The van der Waals surface area contributed by atoms with Gasteiger partial charge in [0.05, 0.1) is 0 Å². The summed E-state index contributed by atoms with van der Waals surface area (Å²) in [6.45, 7) is 18.6. The van der Waals surface area contributed by atoms with E-state index in [9.17, 15) is 4.79 Å². The van der Waals surface area contributed by atoms with Crippen LogP contribution in [-0.2, 0) is 13.3 Å². The SMILES string of the molecule is CCCO[Si](C)(CCCNC(=O)O[Si](C(C)C)(C(C)C)C(C)C)OC. The van der Waals surface area contributed by atoms with E-state index < -0.39 is 16.9 Å². The van der Waals surface area contributed by atoms with E-state index in [-0.39, 0.29) is 6.09 Å². The monoisotopic (exact) mass is 391 g/mol. The molecule has 0 aliphatic carbocycles. The molecular formula is C18H41NO4Si2. The molecule has 5 nitrogen and oxygen atoms in total. The Kier molecular flexibility index (Phi) is 11.2. The van der Waals surface area contributed by atoms with Crippen molar-refractivity contribution in [2.75, 3.05) is 20.3 Å². The average molecular weight is 392 g/mol. The first-order chi connectivity index (χ1) is 11.6. The van der Waals surface area contributed by atoms with Gasteiger partial charge in [0.2, 0.25) is 0 Å². The minimum Gasteiger partial charge on any atom is -0.503 e. The number of hydrogen-bond donors (Lipinski definition) is 1. The number of carbonyl (C=O) groups is 1. The van der Waals surface area contributed by atoms with Crippen molar-refractivity contribution in [2.24, 2.45) is 0 Å². The van der Waals surface area contributed by atoms with Crippen molar-refractivity contribution in [3.05, 3.63) is 0 Å². The van der Waals surface area contributed by atoms with Crippen molar-refractivity contribution < 1.29 is 18.1 Å². The second-order valence-corrected chi connectivity index (χ2v) is 16.8. The Morgan fingerprint density at radius 2 is 1.56 bits per heavy atom. The van der Waals surface area contributed by atoms with Gasteiger partial charge in [-0.2, -0.15) is 0 Å². The number of nitrogens with one attached hydrogen (secondary N) is 1. The van der Waals surface area contributed by atoms with Crippen molar-refractivity contribution in [2.45, 2.75) is 90.5 Å². The molecule has 0 saturated carbocycles. The summed E-state index contributed by atoms with van der Waals surface area (Å²) in [5.41, 5.74) is 1.18. The van der Waals surface area contributed by atoms with E-state index >= 15 is 0 Å². The molecule has 0 fully saturated rings. The van der Waals surface area contributed by atoms with Gasteiger partial charge >= 0.3 is 14.7 Å². The fraction of sp³-hybridized carbons (Fsp3) is 0.944. The molecule has 25 heavy (non-hydrogen) atoms. The van der Waals surface area contributed by atoms with Crippen molar-refractivity contribution in [1.29, 1.82) is 0 Å². The molecule has 0 spiro atoms. The molecule has 1 N–H and O–H groups in total. The van der Waals surface area contributed by atoms with Gasteiger partial charge in [0, 0.05) is 20.3 Å². The quantitative estimate of drug-likeness (QED) is 0.356. The maximum Gasteiger partial charge on any atom is 0.393 e. The van der Waals surface area contributed by atoms with E-state index in [1.165, 1.54) is 0 Å². The molecule has 150 valence electrons. The second kappa shape index (κ2) is 11.4. The smallest absolute Gasteiger partial charge is 0.393 e. The summed E-state index contributed by atoms with van der Waals surface area (Å²) in [6.07, 6.45) is 1.57. The molecule has 0 aromatic heterocycles. The van der Waals surface area contributed by atoms with Crippen molar-refractivity contribution >= 4 is 23.0 Å². The van der Waals surface area contributed by atoms with Gasteiger partial charge < -0.3 is 18.6 Å². The number of hydrogen-bond acceptors (Lipinski definition) is 4. The number of amides is 1. The van der Waals surface area contributed by atoms with Gasteiger partial charge in [0.25, 0.3) is 8.32 Å². The van der Waals surface area contributed by atoms with Crippen LogP contribution < -0.4 is 5.32 Å². The van der Waals surface area contributed by atoms with Gasteiger partial charge in [-0.15, -0.1) is 0 Å². The van der Waals surface area contributed by atoms with Crippen LogP contribution in [0.3, 0.4) is 0 Å². The first-order valence-corrected chi connectivity index (χ1v) is 14.4. The first-order valence-electron chi connectivity index (χ1n) is 9.71. The van der Waals surface area contributed by atoms with Crippen molar-refractivity contribution in [3.63, 3.8) is 0 Å². The molecule has 0 saturated heterocycles. The summed E-state index contributed by atoms with van der Waals surface area (Å²) in [4.78, 5) is 12.4. The zero-order chi connectivity index (χ0) is 19.7. The van der Waals surface area contributed by atoms with Crippen molar-refractivity contribution in [3.8, 4) is 0 Å². The third-order valence-corrected chi connectivity index (χ3v) is 14.0. The van der Waals surface area contributed by atoms with E-state index in [0.717, 1.165) is 25.5 Å². The molecule has 0 aromatic carbocycles. The lowest BCUT2D eigenvalue weighted by Crippen LogP contribution is -2.51. The molecule has 0 heterocycles. The lowest BCUT2D eigenvalue weighted by atomic mass is 10.5. The molecule has 0 aromatic rings. The Hall–Kier alpha value is -0.376. The highest BCUT2D eigenvalue weighted by Crippen LogP contribution is 2.42. The summed E-state index contributed by atoms with van der Waals surface area (Å²) in [5, 5.41) is 2.94. The molecule has 7 heteroatoms. The molecule has 0 radical (unpaired) electrons. The van der Waals surface area contributed by atoms with Crippen LogP contribution in [0.1, 0.15) is 61.3 Å². The standard InChI is InChI=1S/C18H41NO4Si2/c1-10-13-22-24(9,21-8)14-11-12-19-18(20)23-25(15(2)3,16(4)5)17(6)7/h15-17H,10-14H2,1-9H3,(H,19,20). The van der Waals surface area contributed by atoms with Crippen molar-refractivity contribution in [1.82, 2.24) is 5.32 Å². The molecular weight excluding hydrogens is 350 g/mol. The van der Waals surface area contributed by atoms with Gasteiger partial charge in [-0.3, -0.25) is 0 Å². The zero-order valence-electron chi connectivity index (χ0n) is 17.9. The minimum absolute atomic E-state index is 0.266. The molecule has 1 unspecified atom stereocenters. The van der Waals surface area contributed by atoms with E-state index in [1.54, 1.807) is 7.11 Å². The van der Waals surface area contributed by atoms with Crippen LogP contribution in [0.4, 0.5) is 4.79 Å². The Bertz CT molecular complexity index is 369. The molecule has 1 atom stereocenters. The predicted molar refractivity (Wildman–Crippen MR) is 110 cm³/mol. The zero-order valence-corrected chi connectivity index (χ0v) is 19.9. The Labute approximate surface area is 157 Å². The molecule has 0 aliphatic heterocycles.